The van der Waals surface area contributed by atoms with Crippen LogP contribution in [0.3, 0.4) is 0 Å². The minimum Gasteiger partial charge on any atom is -0.374 e. The number of hydrogen-bond donors (Lipinski definition) is 2. The molecule has 0 unspecified atom stereocenters. The normalized spacial score (nSPS) is 9.40. The molecule has 0 saturated carbocycles. The predicted molar refractivity (Wildman–Crippen MR) is 56.5 cm³/mol. The van der Waals surface area contributed by atoms with Gasteiger partial charge in [-0.2, -0.15) is 5.26 Å². The first-order valence-corrected chi connectivity index (χ1v) is 4.76. The van der Waals surface area contributed by atoms with Gasteiger partial charge in [0.25, 0.3) is 0 Å². The van der Waals surface area contributed by atoms with Crippen LogP contribution in [0.1, 0.15) is 5.56 Å². The molecule has 0 spiro atoms. The number of halogens is 2. The highest BCUT2D eigenvalue weighted by atomic mass is 79.9. The first-order chi connectivity index (χ1) is 7.06. The maximum atomic E-state index is 13.5. The van der Waals surface area contributed by atoms with Crippen LogP contribution >= 0.6 is 15.9 Å². The number of rotatable bonds is 3. The lowest BCUT2D eigenvalue weighted by atomic mass is 10.2. The fraction of sp³-hybridized carbons (Fsp3) is 0.111. The van der Waals surface area contributed by atoms with Crippen molar-refractivity contribution in [3.05, 3.63) is 28.0 Å². The maximum absolute atomic E-state index is 13.5. The molecule has 78 valence electrons. The van der Waals surface area contributed by atoms with Crippen LogP contribution in [0.15, 0.2) is 16.6 Å². The fourth-order valence-corrected chi connectivity index (χ4v) is 1.39. The number of amides is 1. The average molecular weight is 272 g/mol. The van der Waals surface area contributed by atoms with Crippen LogP contribution in [0.2, 0.25) is 0 Å². The number of carbonyl (C=O) groups is 1. The van der Waals surface area contributed by atoms with E-state index in [2.05, 4.69) is 21.2 Å². The molecule has 0 bridgehead atoms. The molecule has 1 aromatic rings. The average Bonchev–Trinajstić information content (AvgIpc) is 2.20. The molecule has 0 aliphatic carbocycles. The summed E-state index contributed by atoms with van der Waals surface area (Å²) in [5.74, 6) is -1.20. The van der Waals surface area contributed by atoms with Crippen molar-refractivity contribution < 1.29 is 9.18 Å². The summed E-state index contributed by atoms with van der Waals surface area (Å²) in [5.41, 5.74) is 5.21. The Bertz CT molecular complexity index is 442. The van der Waals surface area contributed by atoms with E-state index in [0.717, 1.165) is 0 Å². The lowest BCUT2D eigenvalue weighted by molar-refractivity contribution is -0.116. The van der Waals surface area contributed by atoms with E-state index >= 15 is 0 Å². The molecule has 1 rings (SSSR count). The van der Waals surface area contributed by atoms with E-state index in [1.54, 1.807) is 0 Å². The smallest absolute Gasteiger partial charge is 0.236 e. The highest BCUT2D eigenvalue weighted by Crippen LogP contribution is 2.26. The molecule has 1 amide bonds. The Morgan fingerprint density at radius 2 is 2.33 bits per heavy atom. The molecule has 0 aromatic heterocycles. The minimum atomic E-state index is -0.615. The molecule has 15 heavy (non-hydrogen) atoms. The van der Waals surface area contributed by atoms with Gasteiger partial charge in [0.1, 0.15) is 6.07 Å². The van der Waals surface area contributed by atoms with Gasteiger partial charge >= 0.3 is 0 Å². The van der Waals surface area contributed by atoms with E-state index in [1.807, 2.05) is 6.07 Å². The van der Waals surface area contributed by atoms with E-state index in [9.17, 15) is 9.18 Å². The Labute approximate surface area is 94.0 Å². The standard InChI is InChI=1S/C9H7BrFN3O/c10-8-5(3-12)1-2-6(9(8)11)14-4-7(13)15/h1-2,14H,4H2,(H2,13,15). The molecule has 0 radical (unpaired) electrons. The number of nitrogens with zero attached hydrogens (tertiary/aromatic N) is 1. The summed E-state index contributed by atoms with van der Waals surface area (Å²) in [4.78, 5) is 10.5. The second kappa shape index (κ2) is 4.75. The second-order valence-electron chi connectivity index (χ2n) is 2.72. The Morgan fingerprint density at radius 1 is 1.67 bits per heavy atom. The summed E-state index contributed by atoms with van der Waals surface area (Å²) in [5, 5.41) is 11.1. The van der Waals surface area contributed by atoms with Crippen LogP contribution in [0.25, 0.3) is 0 Å². The summed E-state index contributed by atoms with van der Waals surface area (Å²) in [6.45, 7) is -0.157. The van der Waals surface area contributed by atoms with Crippen LogP contribution in [-0.2, 0) is 4.79 Å². The zero-order valence-electron chi connectivity index (χ0n) is 7.55. The van der Waals surface area contributed by atoms with Gasteiger partial charge in [0.2, 0.25) is 5.91 Å². The number of nitrogens with one attached hydrogen (secondary N) is 1. The molecule has 3 N–H and O–H groups in total. The lowest BCUT2D eigenvalue weighted by Crippen LogP contribution is -2.22. The largest absolute Gasteiger partial charge is 0.374 e. The maximum Gasteiger partial charge on any atom is 0.236 e. The lowest BCUT2D eigenvalue weighted by Gasteiger charge is -2.07. The van der Waals surface area contributed by atoms with Gasteiger partial charge in [0, 0.05) is 0 Å². The molecule has 0 atom stereocenters. The van der Waals surface area contributed by atoms with Gasteiger partial charge < -0.3 is 11.1 Å². The molecule has 0 fully saturated rings. The summed E-state index contributed by atoms with van der Waals surface area (Å²) in [6.07, 6.45) is 0. The third-order valence-electron chi connectivity index (χ3n) is 1.66. The van der Waals surface area contributed by atoms with Crippen LogP contribution in [0.4, 0.5) is 10.1 Å². The van der Waals surface area contributed by atoms with Crippen LogP contribution in [-0.4, -0.2) is 12.5 Å². The topological polar surface area (TPSA) is 78.9 Å². The van der Waals surface area contributed by atoms with Crippen molar-refractivity contribution in [2.45, 2.75) is 0 Å². The van der Waals surface area contributed by atoms with Crippen LogP contribution in [0.5, 0.6) is 0 Å². The van der Waals surface area contributed by atoms with E-state index in [1.165, 1.54) is 12.1 Å². The number of primary amides is 1. The second-order valence-corrected chi connectivity index (χ2v) is 3.51. The quantitative estimate of drug-likeness (QED) is 0.871. The van der Waals surface area contributed by atoms with Crippen molar-refractivity contribution in [3.63, 3.8) is 0 Å². The molecule has 0 aliphatic rings. The SMILES string of the molecule is N#Cc1ccc(NCC(N)=O)c(F)c1Br. The number of benzene rings is 1. The van der Waals surface area contributed by atoms with E-state index < -0.39 is 11.7 Å². The monoisotopic (exact) mass is 271 g/mol. The van der Waals surface area contributed by atoms with Gasteiger partial charge in [0.05, 0.1) is 22.3 Å². The molecule has 0 aliphatic heterocycles. The first kappa shape index (κ1) is 11.5. The summed E-state index contributed by atoms with van der Waals surface area (Å²) in [6, 6.07) is 4.64. The molecule has 0 saturated heterocycles. The number of nitrogens with two attached hydrogens (primary N) is 1. The molecule has 0 heterocycles. The van der Waals surface area contributed by atoms with E-state index in [0.29, 0.717) is 0 Å². The van der Waals surface area contributed by atoms with Gasteiger partial charge in [0.15, 0.2) is 5.82 Å². The van der Waals surface area contributed by atoms with Crippen molar-refractivity contribution in [1.82, 2.24) is 0 Å². The van der Waals surface area contributed by atoms with Gasteiger partial charge in [-0.1, -0.05) is 0 Å². The van der Waals surface area contributed by atoms with E-state index in [-0.39, 0.29) is 22.3 Å². The highest BCUT2D eigenvalue weighted by Gasteiger charge is 2.10. The van der Waals surface area contributed by atoms with Gasteiger partial charge in [-0.05, 0) is 28.1 Å². The number of hydrogen-bond acceptors (Lipinski definition) is 3. The van der Waals surface area contributed by atoms with Gasteiger partial charge in [-0.15, -0.1) is 0 Å². The van der Waals surface area contributed by atoms with Crippen LogP contribution < -0.4 is 11.1 Å². The summed E-state index contributed by atoms with van der Waals surface area (Å²) < 4.78 is 13.6. The van der Waals surface area contributed by atoms with Gasteiger partial charge in [-0.25, -0.2) is 4.39 Å². The number of carbonyl (C=O) groups excluding carboxylic acids is 1. The zero-order chi connectivity index (χ0) is 11.4. The zero-order valence-corrected chi connectivity index (χ0v) is 9.14. The van der Waals surface area contributed by atoms with Crippen molar-refractivity contribution in [1.29, 1.82) is 5.26 Å². The summed E-state index contributed by atoms with van der Waals surface area (Å²) >= 11 is 2.94. The van der Waals surface area contributed by atoms with Crippen LogP contribution in [0, 0.1) is 17.1 Å². The van der Waals surface area contributed by atoms with Gasteiger partial charge in [-0.3, -0.25) is 4.79 Å². The van der Waals surface area contributed by atoms with Crippen molar-refractivity contribution in [2.75, 3.05) is 11.9 Å². The van der Waals surface area contributed by atoms with Crippen molar-refractivity contribution in [3.8, 4) is 6.07 Å². The van der Waals surface area contributed by atoms with E-state index in [4.69, 9.17) is 11.0 Å². The predicted octanol–water partition coefficient (Wildman–Crippen LogP) is 1.36. The molecule has 4 nitrogen and oxygen atoms in total. The fourth-order valence-electron chi connectivity index (χ4n) is 0.955. The molecule has 1 aromatic carbocycles. The van der Waals surface area contributed by atoms with Crippen molar-refractivity contribution in [2.24, 2.45) is 5.73 Å². The Kier molecular flexibility index (Phi) is 3.63. The Balaban J connectivity index is 2.98. The minimum absolute atomic E-state index is 0.0690. The highest BCUT2D eigenvalue weighted by molar-refractivity contribution is 9.10. The number of anilines is 1. The molecular formula is C9H7BrFN3O. The van der Waals surface area contributed by atoms with Crippen molar-refractivity contribution >= 4 is 27.5 Å². The Hall–Kier alpha value is -1.61. The first-order valence-electron chi connectivity index (χ1n) is 3.96. The summed E-state index contributed by atoms with van der Waals surface area (Å²) in [7, 11) is 0. The number of nitriles is 1. The molecule has 6 heteroatoms. The third kappa shape index (κ3) is 2.67. The third-order valence-corrected chi connectivity index (χ3v) is 2.43. The Morgan fingerprint density at radius 3 is 2.87 bits per heavy atom. The molecular weight excluding hydrogens is 265 g/mol.